The van der Waals surface area contributed by atoms with Crippen molar-refractivity contribution in [1.82, 2.24) is 15.4 Å². The number of halogens is 1. The van der Waals surface area contributed by atoms with Crippen molar-refractivity contribution in [1.29, 1.82) is 0 Å². The van der Waals surface area contributed by atoms with Gasteiger partial charge in [-0.1, -0.05) is 39.3 Å². The molecule has 3 rings (SSSR count). The van der Waals surface area contributed by atoms with Gasteiger partial charge in [-0.05, 0) is 42.5 Å². The lowest BCUT2D eigenvalue weighted by molar-refractivity contribution is -0.132. The lowest BCUT2D eigenvalue weighted by Crippen LogP contribution is -2.61. The summed E-state index contributed by atoms with van der Waals surface area (Å²) in [6, 6.07) is 8.02. The minimum Gasteiger partial charge on any atom is -0.356 e. The van der Waals surface area contributed by atoms with E-state index in [0.29, 0.717) is 24.1 Å². The third-order valence-electron chi connectivity index (χ3n) is 5.58. The van der Waals surface area contributed by atoms with Crippen molar-refractivity contribution in [2.24, 2.45) is 11.8 Å². The fourth-order valence-corrected chi connectivity index (χ4v) is 3.70. The zero-order valence-electron chi connectivity index (χ0n) is 17.1. The normalized spacial score (nSPS) is 21.7. The molecule has 1 aliphatic heterocycles. The number of nitrogens with zero attached hydrogens (tertiary/aromatic N) is 2. The van der Waals surface area contributed by atoms with Crippen molar-refractivity contribution in [3.8, 4) is 11.3 Å². The molecule has 0 aliphatic carbocycles. The molecule has 6 heteroatoms. The fraction of sp³-hybridized carbons (Fsp3) is 0.545. The summed E-state index contributed by atoms with van der Waals surface area (Å²) in [6.45, 7) is 9.95. The number of benzene rings is 1. The molecule has 1 aliphatic rings. The minimum absolute atomic E-state index is 0.104. The van der Waals surface area contributed by atoms with Crippen molar-refractivity contribution >= 4 is 5.91 Å². The third kappa shape index (κ3) is 4.79. The predicted molar refractivity (Wildman–Crippen MR) is 107 cm³/mol. The van der Waals surface area contributed by atoms with Crippen LogP contribution in [0.1, 0.15) is 46.2 Å². The maximum atomic E-state index is 13.1. The van der Waals surface area contributed by atoms with Gasteiger partial charge in [-0.15, -0.1) is 0 Å². The zero-order chi connectivity index (χ0) is 20.3. The van der Waals surface area contributed by atoms with Crippen molar-refractivity contribution in [3.05, 3.63) is 41.8 Å². The van der Waals surface area contributed by atoms with Gasteiger partial charge in [0, 0.05) is 30.8 Å². The molecule has 1 N–H and O–H groups in total. The third-order valence-corrected chi connectivity index (χ3v) is 5.58. The van der Waals surface area contributed by atoms with E-state index < -0.39 is 0 Å². The van der Waals surface area contributed by atoms with E-state index in [9.17, 15) is 9.18 Å². The van der Waals surface area contributed by atoms with E-state index in [0.717, 1.165) is 30.6 Å². The molecule has 5 nitrogen and oxygen atoms in total. The summed E-state index contributed by atoms with van der Waals surface area (Å²) in [7, 11) is 0. The highest BCUT2D eigenvalue weighted by Crippen LogP contribution is 2.25. The summed E-state index contributed by atoms with van der Waals surface area (Å²) in [5.41, 5.74) is 1.57. The van der Waals surface area contributed by atoms with Gasteiger partial charge in [0.25, 0.3) is 0 Å². The average molecular weight is 387 g/mol. The van der Waals surface area contributed by atoms with E-state index in [1.54, 1.807) is 12.1 Å². The Balaban J connectivity index is 1.78. The van der Waals surface area contributed by atoms with Gasteiger partial charge in [-0.25, -0.2) is 4.39 Å². The van der Waals surface area contributed by atoms with Crippen LogP contribution in [0.5, 0.6) is 0 Å². The first-order valence-electron chi connectivity index (χ1n) is 10.1. The van der Waals surface area contributed by atoms with Gasteiger partial charge in [-0.3, -0.25) is 9.69 Å². The molecule has 0 unspecified atom stereocenters. The topological polar surface area (TPSA) is 58.4 Å². The van der Waals surface area contributed by atoms with E-state index in [2.05, 4.69) is 43.1 Å². The smallest absolute Gasteiger partial charge is 0.237 e. The molecule has 1 aromatic carbocycles. The van der Waals surface area contributed by atoms with E-state index in [1.807, 2.05) is 6.07 Å². The molecule has 2 heterocycles. The Bertz CT molecular complexity index is 787. The number of nitrogens with one attached hydrogen (secondary N) is 1. The molecule has 2 aromatic rings. The summed E-state index contributed by atoms with van der Waals surface area (Å²) in [6.07, 6.45) is 1.83. The summed E-state index contributed by atoms with van der Waals surface area (Å²) < 4.78 is 18.6. The second-order valence-corrected chi connectivity index (χ2v) is 8.26. The number of hydrogen-bond acceptors (Lipinski definition) is 4. The van der Waals surface area contributed by atoms with E-state index in [4.69, 9.17) is 4.52 Å². The van der Waals surface area contributed by atoms with Crippen LogP contribution in [0.15, 0.2) is 34.9 Å². The number of rotatable bonds is 7. The second kappa shape index (κ2) is 8.86. The molecule has 28 heavy (non-hydrogen) atoms. The van der Waals surface area contributed by atoms with Crippen molar-refractivity contribution in [2.45, 2.75) is 59.2 Å². The number of carbonyl (C=O) groups excluding carboxylic acids is 1. The van der Waals surface area contributed by atoms with Crippen LogP contribution in [0.3, 0.4) is 0 Å². The largest absolute Gasteiger partial charge is 0.356 e. The molecule has 0 radical (unpaired) electrons. The highest BCUT2D eigenvalue weighted by Gasteiger charge is 2.36. The number of piperazine rings is 1. The Hall–Kier alpha value is -2.21. The van der Waals surface area contributed by atoms with Gasteiger partial charge in [0.2, 0.25) is 5.91 Å². The molecular formula is C22H30FN3O2. The number of carbonyl (C=O) groups is 1. The molecular weight excluding hydrogens is 357 g/mol. The SMILES string of the molecule is CC[C@@H](C)[C@H]1CN(Cc2cc(-c3ccc(F)cc3)on2)[C@@H](CC(C)C)C(=O)N1. The van der Waals surface area contributed by atoms with Crippen molar-refractivity contribution < 1.29 is 13.7 Å². The highest BCUT2D eigenvalue weighted by atomic mass is 19.1. The monoisotopic (exact) mass is 387 g/mol. The van der Waals surface area contributed by atoms with Gasteiger partial charge < -0.3 is 9.84 Å². The average Bonchev–Trinajstić information content (AvgIpc) is 3.12. The molecule has 0 saturated carbocycles. The van der Waals surface area contributed by atoms with Crippen LogP contribution in [0.25, 0.3) is 11.3 Å². The lowest BCUT2D eigenvalue weighted by Gasteiger charge is -2.41. The Morgan fingerprint density at radius 1 is 1.29 bits per heavy atom. The molecule has 3 atom stereocenters. The van der Waals surface area contributed by atoms with E-state index >= 15 is 0 Å². The minimum atomic E-state index is -0.282. The first kappa shape index (κ1) is 20.5. The molecule has 152 valence electrons. The molecule has 1 saturated heterocycles. The Labute approximate surface area is 166 Å². The second-order valence-electron chi connectivity index (χ2n) is 8.26. The van der Waals surface area contributed by atoms with Gasteiger partial charge in [0.15, 0.2) is 5.76 Å². The van der Waals surface area contributed by atoms with Crippen molar-refractivity contribution in [2.75, 3.05) is 6.54 Å². The Morgan fingerprint density at radius 3 is 2.64 bits per heavy atom. The van der Waals surface area contributed by atoms with Gasteiger partial charge in [0.05, 0.1) is 11.7 Å². The van der Waals surface area contributed by atoms with Crippen LogP contribution in [-0.4, -0.2) is 34.6 Å². The number of hydrogen-bond donors (Lipinski definition) is 1. The predicted octanol–water partition coefficient (Wildman–Crippen LogP) is 4.24. The van der Waals surface area contributed by atoms with Crippen LogP contribution in [-0.2, 0) is 11.3 Å². The first-order chi connectivity index (χ1) is 13.4. The number of amides is 1. The maximum absolute atomic E-state index is 13.1. The van der Waals surface area contributed by atoms with E-state index in [1.165, 1.54) is 12.1 Å². The van der Waals surface area contributed by atoms with Crippen LogP contribution in [0, 0.1) is 17.7 Å². The number of aromatic nitrogens is 1. The van der Waals surface area contributed by atoms with Gasteiger partial charge >= 0.3 is 0 Å². The lowest BCUT2D eigenvalue weighted by atomic mass is 9.92. The first-order valence-corrected chi connectivity index (χ1v) is 10.1. The van der Waals surface area contributed by atoms with Crippen LogP contribution in [0.2, 0.25) is 0 Å². The van der Waals surface area contributed by atoms with E-state index in [-0.39, 0.29) is 23.8 Å². The molecule has 1 fully saturated rings. The summed E-state index contributed by atoms with van der Waals surface area (Å²) >= 11 is 0. The maximum Gasteiger partial charge on any atom is 0.237 e. The molecule has 1 aromatic heterocycles. The zero-order valence-corrected chi connectivity index (χ0v) is 17.1. The van der Waals surface area contributed by atoms with Gasteiger partial charge in [-0.2, -0.15) is 0 Å². The van der Waals surface area contributed by atoms with Crippen LogP contribution >= 0.6 is 0 Å². The molecule has 0 spiro atoms. The molecule has 0 bridgehead atoms. The highest BCUT2D eigenvalue weighted by molar-refractivity contribution is 5.83. The summed E-state index contributed by atoms with van der Waals surface area (Å²) in [5, 5.41) is 7.41. The Morgan fingerprint density at radius 2 is 2.00 bits per heavy atom. The quantitative estimate of drug-likeness (QED) is 0.772. The van der Waals surface area contributed by atoms with Crippen LogP contribution in [0.4, 0.5) is 4.39 Å². The van der Waals surface area contributed by atoms with Crippen molar-refractivity contribution in [3.63, 3.8) is 0 Å². The Kier molecular flexibility index (Phi) is 6.50. The fourth-order valence-electron chi connectivity index (χ4n) is 3.70. The van der Waals surface area contributed by atoms with Gasteiger partial charge in [0.1, 0.15) is 5.82 Å². The van der Waals surface area contributed by atoms with Crippen LogP contribution < -0.4 is 5.32 Å². The molecule has 1 amide bonds. The standard InChI is InChI=1S/C22H30FN3O2/c1-5-15(4)19-13-26(20(10-14(2)3)22(27)24-19)12-18-11-21(28-25-18)16-6-8-17(23)9-7-16/h6-9,11,14-15,19-20H,5,10,12-13H2,1-4H3,(H,24,27)/t15-,19-,20+/m1/s1. The summed E-state index contributed by atoms with van der Waals surface area (Å²) in [5.74, 6) is 1.27. The summed E-state index contributed by atoms with van der Waals surface area (Å²) in [4.78, 5) is 15.0.